The van der Waals surface area contributed by atoms with Crippen molar-refractivity contribution in [1.29, 1.82) is 0 Å². The van der Waals surface area contributed by atoms with Crippen molar-refractivity contribution < 1.29 is 14.7 Å². The van der Waals surface area contributed by atoms with E-state index in [1.165, 1.54) is 6.08 Å². The van der Waals surface area contributed by atoms with Crippen LogP contribution < -0.4 is 5.32 Å². The third-order valence-corrected chi connectivity index (χ3v) is 5.86. The minimum atomic E-state index is -0.289. The van der Waals surface area contributed by atoms with Gasteiger partial charge in [-0.3, -0.25) is 9.59 Å². The average molecular weight is 356 g/mol. The highest BCUT2D eigenvalue weighted by molar-refractivity contribution is 5.94. The van der Waals surface area contributed by atoms with E-state index in [2.05, 4.69) is 11.9 Å². The monoisotopic (exact) mass is 356 g/mol. The molecule has 140 valence electrons. The third kappa shape index (κ3) is 3.98. The summed E-state index contributed by atoms with van der Waals surface area (Å²) in [6.07, 6.45) is 7.01. The Kier molecular flexibility index (Phi) is 5.77. The Morgan fingerprint density at radius 3 is 2.65 bits per heavy atom. The summed E-state index contributed by atoms with van der Waals surface area (Å²) in [6, 6.07) is 7.37. The van der Waals surface area contributed by atoms with Crippen molar-refractivity contribution in [3.05, 3.63) is 48.0 Å². The van der Waals surface area contributed by atoms with E-state index in [0.717, 1.165) is 50.6 Å². The third-order valence-electron chi connectivity index (χ3n) is 5.86. The maximum atomic E-state index is 12.9. The first-order valence-corrected chi connectivity index (χ1v) is 9.51. The van der Waals surface area contributed by atoms with Crippen LogP contribution in [0, 0.1) is 5.41 Å². The molecule has 0 radical (unpaired) electrons. The van der Waals surface area contributed by atoms with E-state index in [1.54, 1.807) is 0 Å². The summed E-state index contributed by atoms with van der Waals surface area (Å²) in [4.78, 5) is 26.1. The highest BCUT2D eigenvalue weighted by Gasteiger charge is 2.43. The van der Waals surface area contributed by atoms with Gasteiger partial charge in [-0.05, 0) is 49.5 Å². The number of aliphatic hydroxyl groups excluding tert-OH is 1. The molecule has 1 aliphatic heterocycles. The van der Waals surface area contributed by atoms with Gasteiger partial charge >= 0.3 is 0 Å². The molecular weight excluding hydrogens is 328 g/mol. The average Bonchev–Trinajstić information content (AvgIpc) is 2.68. The lowest BCUT2D eigenvalue weighted by atomic mass is 9.67. The fraction of sp³-hybridized carbons (Fsp3) is 0.524. The molecule has 26 heavy (non-hydrogen) atoms. The minimum absolute atomic E-state index is 0.0310. The number of benzene rings is 1. The van der Waals surface area contributed by atoms with Gasteiger partial charge in [0.05, 0.1) is 6.10 Å². The highest BCUT2D eigenvalue weighted by Crippen LogP contribution is 2.43. The van der Waals surface area contributed by atoms with E-state index in [0.29, 0.717) is 18.7 Å². The van der Waals surface area contributed by atoms with Crippen molar-refractivity contribution in [3.63, 3.8) is 0 Å². The fourth-order valence-corrected chi connectivity index (χ4v) is 4.31. The molecule has 5 heteroatoms. The van der Waals surface area contributed by atoms with Crippen molar-refractivity contribution in [2.45, 2.75) is 51.2 Å². The van der Waals surface area contributed by atoms with Gasteiger partial charge in [0, 0.05) is 30.6 Å². The van der Waals surface area contributed by atoms with Crippen molar-refractivity contribution in [2.75, 3.05) is 13.1 Å². The predicted molar refractivity (Wildman–Crippen MR) is 101 cm³/mol. The molecule has 5 nitrogen and oxygen atoms in total. The summed E-state index contributed by atoms with van der Waals surface area (Å²) in [5, 5.41) is 13.3. The van der Waals surface area contributed by atoms with Crippen molar-refractivity contribution in [2.24, 2.45) is 5.41 Å². The molecule has 3 rings (SSSR count). The Morgan fingerprint density at radius 2 is 1.96 bits per heavy atom. The second-order valence-corrected chi connectivity index (χ2v) is 7.57. The minimum Gasteiger partial charge on any atom is -0.392 e. The normalized spacial score (nSPS) is 25.7. The van der Waals surface area contributed by atoms with E-state index in [4.69, 9.17) is 0 Å². The lowest BCUT2D eigenvalue weighted by Gasteiger charge is -2.48. The number of carbonyl (C=O) groups is 2. The van der Waals surface area contributed by atoms with Crippen LogP contribution in [-0.2, 0) is 11.3 Å². The largest absolute Gasteiger partial charge is 0.392 e. The van der Waals surface area contributed by atoms with Crippen LogP contribution in [0.3, 0.4) is 0 Å². The number of hydrogen-bond acceptors (Lipinski definition) is 3. The first-order valence-electron chi connectivity index (χ1n) is 9.51. The number of amides is 2. The summed E-state index contributed by atoms with van der Waals surface area (Å²) in [6.45, 7) is 5.25. The van der Waals surface area contributed by atoms with Crippen molar-refractivity contribution >= 4 is 11.8 Å². The lowest BCUT2D eigenvalue weighted by molar-refractivity contribution is -0.116. The molecule has 1 aromatic rings. The molecule has 2 fully saturated rings. The summed E-state index contributed by atoms with van der Waals surface area (Å²) in [7, 11) is 0. The molecule has 1 aromatic carbocycles. The Bertz CT molecular complexity index is 666. The fourth-order valence-electron chi connectivity index (χ4n) is 4.31. The predicted octanol–water partition coefficient (Wildman–Crippen LogP) is 2.65. The van der Waals surface area contributed by atoms with Crippen LogP contribution in [0.15, 0.2) is 36.9 Å². The van der Waals surface area contributed by atoms with Gasteiger partial charge in [-0.15, -0.1) is 0 Å². The van der Waals surface area contributed by atoms with Crippen LogP contribution in [0.5, 0.6) is 0 Å². The first kappa shape index (κ1) is 18.6. The molecule has 2 N–H and O–H groups in total. The number of likely N-dealkylation sites (tertiary alicyclic amines) is 1. The quantitative estimate of drug-likeness (QED) is 0.815. The summed E-state index contributed by atoms with van der Waals surface area (Å²) in [5.41, 5.74) is 1.49. The number of hydrogen-bond donors (Lipinski definition) is 2. The van der Waals surface area contributed by atoms with E-state index >= 15 is 0 Å². The topological polar surface area (TPSA) is 69.6 Å². The van der Waals surface area contributed by atoms with Gasteiger partial charge in [0.1, 0.15) is 0 Å². The zero-order chi connectivity index (χ0) is 18.6. The van der Waals surface area contributed by atoms with Crippen LogP contribution in [0.2, 0.25) is 0 Å². The van der Waals surface area contributed by atoms with Gasteiger partial charge in [-0.1, -0.05) is 31.6 Å². The molecule has 1 saturated heterocycles. The zero-order valence-electron chi connectivity index (χ0n) is 15.2. The molecule has 1 heterocycles. The molecule has 2 amide bonds. The van der Waals surface area contributed by atoms with E-state index < -0.39 is 0 Å². The van der Waals surface area contributed by atoms with E-state index in [9.17, 15) is 14.7 Å². The van der Waals surface area contributed by atoms with Gasteiger partial charge in [0.15, 0.2) is 0 Å². The number of nitrogens with one attached hydrogen (secondary N) is 1. The van der Waals surface area contributed by atoms with Gasteiger partial charge in [-0.25, -0.2) is 0 Å². The van der Waals surface area contributed by atoms with Crippen LogP contribution in [0.4, 0.5) is 0 Å². The standard InChI is InChI=1S/C21H28N2O3/c1-2-19(25)22-14-16-7-9-17(10-8-16)20(26)23-13-5-12-21(15-23)11-4-3-6-18(21)24/h2,7-10,18,24H,1,3-6,11-15H2,(H,22,25). The van der Waals surface area contributed by atoms with Crippen molar-refractivity contribution in [3.8, 4) is 0 Å². The second-order valence-electron chi connectivity index (χ2n) is 7.57. The van der Waals surface area contributed by atoms with E-state index in [-0.39, 0.29) is 23.3 Å². The lowest BCUT2D eigenvalue weighted by Crippen LogP contribution is -2.52. The molecule has 2 atom stereocenters. The molecule has 2 aliphatic rings. The number of aliphatic hydroxyl groups is 1. The smallest absolute Gasteiger partial charge is 0.253 e. The number of piperidine rings is 1. The Balaban J connectivity index is 1.65. The Morgan fingerprint density at radius 1 is 1.23 bits per heavy atom. The molecule has 0 bridgehead atoms. The van der Waals surface area contributed by atoms with Gasteiger partial charge in [-0.2, -0.15) is 0 Å². The number of carbonyl (C=O) groups excluding carboxylic acids is 2. The summed E-state index contributed by atoms with van der Waals surface area (Å²) < 4.78 is 0. The maximum absolute atomic E-state index is 12.9. The SMILES string of the molecule is C=CC(=O)NCc1ccc(C(=O)N2CCCC3(CCCCC3O)C2)cc1. The molecule has 0 aromatic heterocycles. The maximum Gasteiger partial charge on any atom is 0.253 e. The highest BCUT2D eigenvalue weighted by atomic mass is 16.3. The van der Waals surface area contributed by atoms with Crippen molar-refractivity contribution in [1.82, 2.24) is 10.2 Å². The number of nitrogens with zero attached hydrogens (tertiary/aromatic N) is 1. The summed E-state index contributed by atoms with van der Waals surface area (Å²) in [5.74, 6) is -0.182. The van der Waals surface area contributed by atoms with Crippen LogP contribution in [-0.4, -0.2) is 41.0 Å². The molecule has 1 saturated carbocycles. The molecule has 2 unspecified atom stereocenters. The Labute approximate surface area is 155 Å². The van der Waals surface area contributed by atoms with Crippen LogP contribution >= 0.6 is 0 Å². The first-order chi connectivity index (χ1) is 12.5. The van der Waals surface area contributed by atoms with Gasteiger partial charge < -0.3 is 15.3 Å². The zero-order valence-corrected chi connectivity index (χ0v) is 15.2. The van der Waals surface area contributed by atoms with Crippen LogP contribution in [0.1, 0.15) is 54.4 Å². The molecular formula is C21H28N2O3. The van der Waals surface area contributed by atoms with Crippen LogP contribution in [0.25, 0.3) is 0 Å². The Hall–Kier alpha value is -2.14. The second kappa shape index (κ2) is 8.04. The number of rotatable bonds is 4. The molecule has 1 spiro atoms. The van der Waals surface area contributed by atoms with E-state index in [1.807, 2.05) is 29.2 Å². The summed E-state index contributed by atoms with van der Waals surface area (Å²) >= 11 is 0. The van der Waals surface area contributed by atoms with Gasteiger partial charge in [0.25, 0.3) is 5.91 Å². The molecule has 1 aliphatic carbocycles. The van der Waals surface area contributed by atoms with Gasteiger partial charge in [0.2, 0.25) is 5.91 Å².